The molecule has 1 amide bonds. The molecular weight excluding hydrogens is 372 g/mol. The third-order valence-corrected chi connectivity index (χ3v) is 6.95. The second kappa shape index (κ2) is 8.09. The first-order valence-corrected chi connectivity index (χ1v) is 10.8. The van der Waals surface area contributed by atoms with Crippen molar-refractivity contribution >= 4 is 17.2 Å². The minimum Gasteiger partial charge on any atom is -0.366 e. The van der Waals surface area contributed by atoms with Crippen LogP contribution in [0.2, 0.25) is 0 Å². The second-order valence-electron chi connectivity index (χ2n) is 7.93. The Morgan fingerprint density at radius 3 is 2.74 bits per heavy atom. The first-order valence-electron chi connectivity index (χ1n) is 9.95. The zero-order valence-corrected chi connectivity index (χ0v) is 16.4. The Morgan fingerprint density at radius 2 is 2.00 bits per heavy atom. The second-order valence-corrected chi connectivity index (χ2v) is 8.82. The average Bonchev–Trinajstić information content (AvgIpc) is 3.33. The van der Waals surface area contributed by atoms with Crippen LogP contribution in [0.5, 0.6) is 0 Å². The highest BCUT2D eigenvalue weighted by Gasteiger charge is 2.38. The number of ether oxygens (including phenoxy) is 1. The first-order chi connectivity index (χ1) is 13.0. The number of morpholine rings is 1. The largest absolute Gasteiger partial charge is 0.366 e. The number of alkyl halides is 2. The molecule has 5 nitrogen and oxygen atoms in total. The quantitative estimate of drug-likeness (QED) is 0.780. The van der Waals surface area contributed by atoms with Crippen molar-refractivity contribution in [2.45, 2.75) is 63.0 Å². The third-order valence-electron chi connectivity index (χ3n) is 5.89. The Kier molecular flexibility index (Phi) is 5.75. The minimum absolute atomic E-state index is 0.114. The molecule has 0 aromatic carbocycles. The molecule has 2 saturated heterocycles. The molecule has 0 bridgehead atoms. The maximum atomic E-state index is 13.3. The third kappa shape index (κ3) is 4.66. The molecular formula is C19H27F2N3O2S. The summed E-state index contributed by atoms with van der Waals surface area (Å²) in [6, 6.07) is 0. The fourth-order valence-electron chi connectivity index (χ4n) is 4.24. The van der Waals surface area contributed by atoms with Crippen molar-refractivity contribution in [1.29, 1.82) is 0 Å². The van der Waals surface area contributed by atoms with Gasteiger partial charge in [0.1, 0.15) is 6.10 Å². The smallest absolute Gasteiger partial charge is 0.253 e. The van der Waals surface area contributed by atoms with E-state index >= 15 is 0 Å². The summed E-state index contributed by atoms with van der Waals surface area (Å²) < 4.78 is 32.3. The number of aromatic nitrogens is 1. The lowest BCUT2D eigenvalue weighted by molar-refractivity contribution is -0.155. The number of halogens is 2. The van der Waals surface area contributed by atoms with Crippen molar-refractivity contribution in [2.24, 2.45) is 0 Å². The van der Waals surface area contributed by atoms with Crippen molar-refractivity contribution in [3.63, 3.8) is 0 Å². The van der Waals surface area contributed by atoms with E-state index in [1.54, 1.807) is 11.3 Å². The normalized spacial score (nSPS) is 27.2. The molecule has 3 heterocycles. The molecule has 0 radical (unpaired) electrons. The van der Waals surface area contributed by atoms with Gasteiger partial charge in [-0.15, -0.1) is 11.3 Å². The fourth-order valence-corrected chi connectivity index (χ4v) is 5.22. The van der Waals surface area contributed by atoms with Crippen LogP contribution in [0.1, 0.15) is 55.1 Å². The van der Waals surface area contributed by atoms with E-state index in [1.165, 1.54) is 35.6 Å². The van der Waals surface area contributed by atoms with Gasteiger partial charge in [0.15, 0.2) is 0 Å². The van der Waals surface area contributed by atoms with E-state index in [4.69, 9.17) is 9.72 Å². The van der Waals surface area contributed by atoms with Gasteiger partial charge in [0, 0.05) is 56.9 Å². The number of nitrogens with zero attached hydrogens (tertiary/aromatic N) is 3. The zero-order valence-electron chi connectivity index (χ0n) is 15.5. The van der Waals surface area contributed by atoms with Crippen LogP contribution in [0.4, 0.5) is 8.78 Å². The standard InChI is InChI=1S/C19H27F2N3O2S/c20-19(21)5-7-24(8-6-19)18(25)16-12-23(9-10-26-16)11-15-13-27-17(22-15)14-3-1-2-4-14/h13-14,16H,1-12H2. The molecule has 0 N–H and O–H groups in total. The fraction of sp³-hybridized carbons (Fsp3) is 0.789. The van der Waals surface area contributed by atoms with Crippen LogP contribution >= 0.6 is 11.3 Å². The van der Waals surface area contributed by atoms with Gasteiger partial charge in [0.25, 0.3) is 11.8 Å². The minimum atomic E-state index is -2.64. The van der Waals surface area contributed by atoms with Gasteiger partial charge in [-0.2, -0.15) is 0 Å². The van der Waals surface area contributed by atoms with Gasteiger partial charge in [-0.05, 0) is 12.8 Å². The van der Waals surface area contributed by atoms with E-state index in [2.05, 4.69) is 10.3 Å². The summed E-state index contributed by atoms with van der Waals surface area (Å²) in [6.45, 7) is 2.69. The molecule has 3 aliphatic rings. The highest BCUT2D eigenvalue weighted by atomic mass is 32.1. The van der Waals surface area contributed by atoms with E-state index < -0.39 is 12.0 Å². The number of hydrogen-bond donors (Lipinski definition) is 0. The molecule has 1 aromatic rings. The maximum Gasteiger partial charge on any atom is 0.253 e. The monoisotopic (exact) mass is 399 g/mol. The Morgan fingerprint density at radius 1 is 1.26 bits per heavy atom. The molecule has 3 fully saturated rings. The molecule has 1 saturated carbocycles. The van der Waals surface area contributed by atoms with Crippen molar-refractivity contribution in [3.8, 4) is 0 Å². The number of rotatable bonds is 4. The molecule has 8 heteroatoms. The van der Waals surface area contributed by atoms with Gasteiger partial charge in [-0.25, -0.2) is 13.8 Å². The number of likely N-dealkylation sites (tertiary alicyclic amines) is 1. The summed E-state index contributed by atoms with van der Waals surface area (Å²) in [5, 5.41) is 3.38. The molecule has 150 valence electrons. The van der Waals surface area contributed by atoms with Crippen LogP contribution in [0, 0.1) is 0 Å². The highest BCUT2D eigenvalue weighted by Crippen LogP contribution is 2.35. The van der Waals surface area contributed by atoms with Crippen LogP contribution in [0.3, 0.4) is 0 Å². The zero-order chi connectivity index (χ0) is 18.9. The SMILES string of the molecule is O=C(C1CN(Cc2csc(C3CCCC3)n2)CCO1)N1CCC(F)(F)CC1. The summed E-state index contributed by atoms with van der Waals surface area (Å²) in [6.07, 6.45) is 4.03. The first kappa shape index (κ1) is 19.2. The van der Waals surface area contributed by atoms with Crippen LogP contribution < -0.4 is 0 Å². The van der Waals surface area contributed by atoms with E-state index in [-0.39, 0.29) is 31.8 Å². The molecule has 1 atom stereocenters. The Hall–Kier alpha value is -1.12. The van der Waals surface area contributed by atoms with Gasteiger partial charge in [0.2, 0.25) is 0 Å². The Balaban J connectivity index is 1.31. The number of carbonyl (C=O) groups is 1. The van der Waals surface area contributed by atoms with Crippen LogP contribution in [-0.4, -0.2) is 65.5 Å². The van der Waals surface area contributed by atoms with Crippen molar-refractivity contribution in [2.75, 3.05) is 32.8 Å². The number of hydrogen-bond acceptors (Lipinski definition) is 5. The van der Waals surface area contributed by atoms with Crippen molar-refractivity contribution < 1.29 is 18.3 Å². The van der Waals surface area contributed by atoms with Crippen LogP contribution in [0.15, 0.2) is 5.38 Å². The molecule has 1 aliphatic carbocycles. The van der Waals surface area contributed by atoms with E-state index in [9.17, 15) is 13.6 Å². The summed E-state index contributed by atoms with van der Waals surface area (Å²) in [5.41, 5.74) is 1.06. The van der Waals surface area contributed by atoms with E-state index in [1.807, 2.05) is 0 Å². The Labute approximate surface area is 162 Å². The lowest BCUT2D eigenvalue weighted by Crippen LogP contribution is -2.53. The molecule has 1 aromatic heterocycles. The molecule has 4 rings (SSSR count). The molecule has 1 unspecified atom stereocenters. The van der Waals surface area contributed by atoms with Gasteiger partial charge < -0.3 is 9.64 Å². The number of thiazole rings is 1. The van der Waals surface area contributed by atoms with Crippen molar-refractivity contribution in [3.05, 3.63) is 16.1 Å². The predicted molar refractivity (Wildman–Crippen MR) is 99.1 cm³/mol. The number of piperidine rings is 1. The van der Waals surface area contributed by atoms with Gasteiger partial charge in [-0.3, -0.25) is 9.69 Å². The van der Waals surface area contributed by atoms with Gasteiger partial charge >= 0.3 is 0 Å². The maximum absolute atomic E-state index is 13.3. The Bertz CT molecular complexity index is 653. The summed E-state index contributed by atoms with van der Waals surface area (Å²) in [7, 11) is 0. The predicted octanol–water partition coefficient (Wildman–Crippen LogP) is 3.26. The summed E-state index contributed by atoms with van der Waals surface area (Å²) >= 11 is 1.75. The highest BCUT2D eigenvalue weighted by molar-refractivity contribution is 7.09. The molecule has 0 spiro atoms. The summed E-state index contributed by atoms with van der Waals surface area (Å²) in [5.74, 6) is -2.17. The lowest BCUT2D eigenvalue weighted by atomic mass is 10.1. The average molecular weight is 400 g/mol. The van der Waals surface area contributed by atoms with Crippen LogP contribution in [0.25, 0.3) is 0 Å². The molecule has 2 aliphatic heterocycles. The summed E-state index contributed by atoms with van der Waals surface area (Å²) in [4.78, 5) is 21.2. The topological polar surface area (TPSA) is 45.7 Å². The number of carbonyl (C=O) groups excluding carboxylic acids is 1. The van der Waals surface area contributed by atoms with E-state index in [0.29, 0.717) is 25.6 Å². The van der Waals surface area contributed by atoms with Gasteiger partial charge in [0.05, 0.1) is 17.3 Å². The number of amides is 1. The molecule has 27 heavy (non-hydrogen) atoms. The lowest BCUT2D eigenvalue weighted by Gasteiger charge is -2.37. The van der Waals surface area contributed by atoms with E-state index in [0.717, 1.165) is 12.2 Å². The van der Waals surface area contributed by atoms with Crippen LogP contribution in [-0.2, 0) is 16.1 Å². The van der Waals surface area contributed by atoms with Crippen molar-refractivity contribution in [1.82, 2.24) is 14.8 Å². The van der Waals surface area contributed by atoms with Gasteiger partial charge in [-0.1, -0.05) is 12.8 Å².